The first-order valence-corrected chi connectivity index (χ1v) is 11.8. The summed E-state index contributed by atoms with van der Waals surface area (Å²) in [5.41, 5.74) is 8.37. The summed E-state index contributed by atoms with van der Waals surface area (Å²) in [6.45, 7) is 18.1. The summed E-state index contributed by atoms with van der Waals surface area (Å²) in [6.07, 6.45) is 0. The largest absolute Gasteiger partial charge is 0.372 e. The number of nitrogens with zero attached hydrogens (tertiary/aromatic N) is 2. The molecule has 0 unspecified atom stereocenters. The van der Waals surface area contributed by atoms with Crippen LogP contribution >= 0.6 is 0 Å². The van der Waals surface area contributed by atoms with Gasteiger partial charge in [-0.15, -0.1) is 0 Å². The molecule has 0 fully saturated rings. The molecule has 0 saturated carbocycles. The molecule has 0 spiro atoms. The lowest BCUT2D eigenvalue weighted by molar-refractivity contribution is -0.445. The second kappa shape index (κ2) is 8.92. The van der Waals surface area contributed by atoms with Crippen LogP contribution in [0.2, 0.25) is 0 Å². The van der Waals surface area contributed by atoms with Gasteiger partial charge in [0.15, 0.2) is 24.5 Å². The zero-order chi connectivity index (χ0) is 22.9. The highest BCUT2D eigenvalue weighted by Crippen LogP contribution is 2.39. The zero-order valence-corrected chi connectivity index (χ0v) is 20.6. The molecule has 0 bridgehead atoms. The number of rotatable bonds is 9. The van der Waals surface area contributed by atoms with E-state index in [4.69, 9.17) is 9.47 Å². The monoisotopic (exact) mass is 434 g/mol. The highest BCUT2D eigenvalue weighted by Gasteiger charge is 2.43. The number of hydrogen-bond donors (Lipinski definition) is 0. The van der Waals surface area contributed by atoms with Crippen LogP contribution in [-0.2, 0) is 20.3 Å². The van der Waals surface area contributed by atoms with Crippen molar-refractivity contribution in [2.75, 3.05) is 39.5 Å². The molecule has 2 heterocycles. The minimum absolute atomic E-state index is 0.0810. The number of benzene rings is 2. The molecule has 2 aromatic carbocycles. The summed E-state index contributed by atoms with van der Waals surface area (Å²) in [7, 11) is 0. The van der Waals surface area contributed by atoms with Gasteiger partial charge >= 0.3 is 0 Å². The standard InChI is InChI=1S/C28H38N2O2/c1-21-27(3,4)23-11-7-9-13-25(23)29(21)15-17-31-19-20-32-18-16-30-22(2)28(5,6)24-12-8-10-14-26(24)30/h7-14H,15-20H2,1-6H3/q+2. The lowest BCUT2D eigenvalue weighted by Crippen LogP contribution is -2.28. The van der Waals surface area contributed by atoms with Crippen molar-refractivity contribution in [3.8, 4) is 0 Å². The molecular formula is C28H38N2O2+2. The highest BCUT2D eigenvalue weighted by atomic mass is 16.5. The number of hydrogen-bond acceptors (Lipinski definition) is 2. The van der Waals surface area contributed by atoms with Crippen LogP contribution < -0.4 is 0 Å². The van der Waals surface area contributed by atoms with Crippen LogP contribution in [0.5, 0.6) is 0 Å². The van der Waals surface area contributed by atoms with Crippen LogP contribution in [0.3, 0.4) is 0 Å². The van der Waals surface area contributed by atoms with Crippen molar-refractivity contribution >= 4 is 22.8 Å². The minimum atomic E-state index is 0.0810. The first-order chi connectivity index (χ1) is 15.3. The Labute approximate surface area is 193 Å². The van der Waals surface area contributed by atoms with Crippen LogP contribution in [0.15, 0.2) is 48.5 Å². The summed E-state index contributed by atoms with van der Waals surface area (Å²) >= 11 is 0. The molecule has 4 rings (SSSR count). The van der Waals surface area contributed by atoms with Crippen molar-refractivity contribution in [3.05, 3.63) is 59.7 Å². The van der Waals surface area contributed by atoms with Gasteiger partial charge in [-0.3, -0.25) is 0 Å². The number of ether oxygens (including phenoxy) is 2. The fourth-order valence-corrected chi connectivity index (χ4v) is 5.11. The molecule has 0 radical (unpaired) electrons. The van der Waals surface area contributed by atoms with E-state index in [9.17, 15) is 0 Å². The zero-order valence-electron chi connectivity index (χ0n) is 20.6. The van der Waals surface area contributed by atoms with Gasteiger partial charge in [-0.05, 0) is 27.7 Å². The molecule has 0 aliphatic carbocycles. The third-order valence-electron chi connectivity index (χ3n) is 7.65. The molecule has 170 valence electrons. The van der Waals surface area contributed by atoms with Gasteiger partial charge in [0.05, 0.1) is 24.0 Å². The lowest BCUT2D eigenvalue weighted by atomic mass is 9.82. The molecule has 2 aliphatic heterocycles. The average Bonchev–Trinajstić information content (AvgIpc) is 3.10. The van der Waals surface area contributed by atoms with Crippen LogP contribution in [0.1, 0.15) is 52.7 Å². The van der Waals surface area contributed by atoms with Gasteiger partial charge in [-0.1, -0.05) is 36.4 Å². The van der Waals surface area contributed by atoms with Crippen molar-refractivity contribution in [1.82, 2.24) is 0 Å². The van der Waals surface area contributed by atoms with Crippen molar-refractivity contribution in [1.29, 1.82) is 0 Å². The van der Waals surface area contributed by atoms with E-state index in [0.29, 0.717) is 26.4 Å². The SMILES string of the molecule is CC1=[N+](CCOCCOCC[N+]2=C(C)C(C)(C)c3ccccc32)c2ccccc2C1(C)C. The molecule has 0 N–H and O–H groups in total. The van der Waals surface area contributed by atoms with E-state index >= 15 is 0 Å². The van der Waals surface area contributed by atoms with Crippen LogP contribution in [-0.4, -0.2) is 60.1 Å². The van der Waals surface area contributed by atoms with Crippen molar-refractivity contribution in [2.24, 2.45) is 0 Å². The predicted octanol–water partition coefficient (Wildman–Crippen LogP) is 5.21. The second-order valence-electron chi connectivity index (χ2n) is 9.98. The summed E-state index contributed by atoms with van der Waals surface area (Å²) in [5.74, 6) is 0. The van der Waals surface area contributed by atoms with Gasteiger partial charge in [0.1, 0.15) is 13.2 Å². The minimum Gasteiger partial charge on any atom is -0.372 e. The predicted molar refractivity (Wildman–Crippen MR) is 132 cm³/mol. The normalized spacial score (nSPS) is 18.3. The number of fused-ring (bicyclic) bond motifs is 2. The molecule has 4 nitrogen and oxygen atoms in total. The fraction of sp³-hybridized carbons (Fsp3) is 0.500. The van der Waals surface area contributed by atoms with E-state index in [1.54, 1.807) is 0 Å². The van der Waals surface area contributed by atoms with E-state index in [0.717, 1.165) is 13.1 Å². The Balaban J connectivity index is 1.21. The molecule has 0 saturated heterocycles. The van der Waals surface area contributed by atoms with Crippen LogP contribution in [0, 0.1) is 0 Å². The molecule has 2 aromatic rings. The van der Waals surface area contributed by atoms with E-state index in [2.05, 4.69) is 99.2 Å². The topological polar surface area (TPSA) is 24.5 Å². The smallest absolute Gasteiger partial charge is 0.209 e. The van der Waals surface area contributed by atoms with Crippen molar-refractivity contribution in [3.63, 3.8) is 0 Å². The van der Waals surface area contributed by atoms with E-state index in [-0.39, 0.29) is 10.8 Å². The molecule has 32 heavy (non-hydrogen) atoms. The molecule has 4 heteroatoms. The average molecular weight is 435 g/mol. The van der Waals surface area contributed by atoms with E-state index < -0.39 is 0 Å². The quantitative estimate of drug-likeness (QED) is 0.400. The van der Waals surface area contributed by atoms with Gasteiger partial charge in [0.25, 0.3) is 0 Å². The molecular weight excluding hydrogens is 396 g/mol. The van der Waals surface area contributed by atoms with Crippen molar-refractivity contribution < 1.29 is 18.6 Å². The summed E-state index contributed by atoms with van der Waals surface area (Å²) < 4.78 is 16.6. The lowest BCUT2D eigenvalue weighted by Gasteiger charge is -2.14. The summed E-state index contributed by atoms with van der Waals surface area (Å²) in [6, 6.07) is 17.4. The Bertz CT molecular complexity index is 977. The van der Waals surface area contributed by atoms with Crippen LogP contribution in [0.25, 0.3) is 0 Å². The summed E-state index contributed by atoms with van der Waals surface area (Å²) in [5, 5.41) is 0. The highest BCUT2D eigenvalue weighted by molar-refractivity contribution is 5.93. The maximum absolute atomic E-state index is 5.91. The Hall–Kier alpha value is -2.30. The third-order valence-corrected chi connectivity index (χ3v) is 7.65. The first kappa shape index (κ1) is 22.9. The van der Waals surface area contributed by atoms with Gasteiger partial charge in [0, 0.05) is 37.1 Å². The van der Waals surface area contributed by atoms with Gasteiger partial charge in [0.2, 0.25) is 11.4 Å². The Morgan fingerprint density at radius 1 is 0.594 bits per heavy atom. The molecule has 0 aromatic heterocycles. The molecule has 2 aliphatic rings. The third kappa shape index (κ3) is 3.95. The van der Waals surface area contributed by atoms with Crippen molar-refractivity contribution in [2.45, 2.75) is 52.4 Å². The molecule has 0 amide bonds. The van der Waals surface area contributed by atoms with Gasteiger partial charge < -0.3 is 9.47 Å². The first-order valence-electron chi connectivity index (χ1n) is 11.8. The van der Waals surface area contributed by atoms with Crippen LogP contribution in [0.4, 0.5) is 11.4 Å². The van der Waals surface area contributed by atoms with Gasteiger partial charge in [-0.25, -0.2) is 0 Å². The maximum Gasteiger partial charge on any atom is 0.209 e. The Kier molecular flexibility index (Phi) is 6.37. The Morgan fingerprint density at radius 2 is 0.969 bits per heavy atom. The second-order valence-corrected chi connectivity index (χ2v) is 9.98. The van der Waals surface area contributed by atoms with Gasteiger partial charge in [-0.2, -0.15) is 9.15 Å². The fourth-order valence-electron chi connectivity index (χ4n) is 5.11. The van der Waals surface area contributed by atoms with E-state index in [1.165, 1.54) is 33.9 Å². The number of para-hydroxylation sites is 2. The van der Waals surface area contributed by atoms with E-state index in [1.807, 2.05) is 0 Å². The molecule has 0 atom stereocenters. The Morgan fingerprint density at radius 3 is 1.38 bits per heavy atom. The maximum atomic E-state index is 5.91. The summed E-state index contributed by atoms with van der Waals surface area (Å²) in [4.78, 5) is 0.